The molecule has 1 aromatic carbocycles. The molecule has 0 saturated carbocycles. The van der Waals surface area contributed by atoms with E-state index in [1.807, 2.05) is 30.5 Å². The van der Waals surface area contributed by atoms with Gasteiger partial charge in [-0.15, -0.1) is 11.3 Å². The maximum absolute atomic E-state index is 12.3. The van der Waals surface area contributed by atoms with Crippen molar-refractivity contribution in [1.29, 1.82) is 0 Å². The van der Waals surface area contributed by atoms with E-state index in [1.54, 1.807) is 18.6 Å². The third kappa shape index (κ3) is 4.45. The van der Waals surface area contributed by atoms with Crippen molar-refractivity contribution in [3.63, 3.8) is 0 Å². The van der Waals surface area contributed by atoms with Crippen LogP contribution in [-0.2, 0) is 12.8 Å². The Morgan fingerprint density at radius 3 is 2.83 bits per heavy atom. The van der Waals surface area contributed by atoms with Gasteiger partial charge in [-0.1, -0.05) is 30.3 Å². The quantitative estimate of drug-likeness (QED) is 0.750. The van der Waals surface area contributed by atoms with Crippen molar-refractivity contribution in [3.05, 3.63) is 76.3 Å². The van der Waals surface area contributed by atoms with Crippen LogP contribution in [-0.4, -0.2) is 26.9 Å². The second kappa shape index (κ2) is 7.79. The molecule has 0 unspecified atom stereocenters. The zero-order valence-electron chi connectivity index (χ0n) is 13.3. The molecule has 122 valence electrons. The summed E-state index contributed by atoms with van der Waals surface area (Å²) in [6.45, 7) is 1.95. The van der Waals surface area contributed by atoms with Crippen LogP contribution in [0, 0.1) is 0 Å². The van der Waals surface area contributed by atoms with Gasteiger partial charge >= 0.3 is 0 Å². The summed E-state index contributed by atoms with van der Waals surface area (Å²) in [6, 6.07) is 10.1. The van der Waals surface area contributed by atoms with Crippen LogP contribution in [0.4, 0.5) is 0 Å². The molecule has 2 heterocycles. The second-order valence-electron chi connectivity index (χ2n) is 5.56. The third-order valence-corrected chi connectivity index (χ3v) is 4.34. The number of hydrogen-bond donors (Lipinski definition) is 1. The number of rotatable bonds is 6. The van der Waals surface area contributed by atoms with E-state index in [4.69, 9.17) is 0 Å². The first-order valence-electron chi connectivity index (χ1n) is 7.75. The monoisotopic (exact) mass is 338 g/mol. The first kappa shape index (κ1) is 16.3. The molecule has 6 heteroatoms. The lowest BCUT2D eigenvalue weighted by Crippen LogP contribution is -2.34. The highest BCUT2D eigenvalue weighted by atomic mass is 32.1. The highest BCUT2D eigenvalue weighted by Crippen LogP contribution is 2.15. The van der Waals surface area contributed by atoms with Gasteiger partial charge in [-0.05, 0) is 12.5 Å². The number of aromatic nitrogens is 3. The number of hydrogen-bond acceptors (Lipinski definition) is 5. The summed E-state index contributed by atoms with van der Waals surface area (Å²) in [4.78, 5) is 25.0. The molecule has 1 amide bonds. The van der Waals surface area contributed by atoms with Crippen molar-refractivity contribution in [3.8, 4) is 0 Å². The van der Waals surface area contributed by atoms with Crippen LogP contribution in [0.3, 0.4) is 0 Å². The lowest BCUT2D eigenvalue weighted by Gasteiger charge is -2.12. The molecule has 0 spiro atoms. The molecule has 0 radical (unpaired) electrons. The van der Waals surface area contributed by atoms with Gasteiger partial charge in [0.1, 0.15) is 5.69 Å². The molecule has 1 N–H and O–H groups in total. The predicted octanol–water partition coefficient (Wildman–Crippen LogP) is 2.88. The zero-order valence-corrected chi connectivity index (χ0v) is 14.2. The fraction of sp³-hybridized carbons (Fsp3) is 0.222. The molecule has 0 aliphatic rings. The summed E-state index contributed by atoms with van der Waals surface area (Å²) in [6.07, 6.45) is 6.38. The van der Waals surface area contributed by atoms with Crippen LogP contribution in [0.1, 0.15) is 33.7 Å². The SMILES string of the molecule is C[C@@H](Cc1cnccn1)NC(=O)c1csc(Cc2ccccc2)n1. The van der Waals surface area contributed by atoms with Crippen molar-refractivity contribution >= 4 is 17.2 Å². The number of carbonyl (C=O) groups excluding carboxylic acids is 1. The first-order chi connectivity index (χ1) is 11.7. The molecule has 24 heavy (non-hydrogen) atoms. The lowest BCUT2D eigenvalue weighted by atomic mass is 10.2. The van der Waals surface area contributed by atoms with Gasteiger partial charge in [0.15, 0.2) is 0 Å². The van der Waals surface area contributed by atoms with Crippen LogP contribution in [0.5, 0.6) is 0 Å². The van der Waals surface area contributed by atoms with Crippen molar-refractivity contribution in [2.75, 3.05) is 0 Å². The molecule has 0 aliphatic heterocycles. The Hall–Kier alpha value is -2.60. The van der Waals surface area contributed by atoms with Crippen LogP contribution in [0.15, 0.2) is 54.3 Å². The molecular formula is C18H18N4OS. The smallest absolute Gasteiger partial charge is 0.270 e. The Morgan fingerprint density at radius 1 is 1.25 bits per heavy atom. The Kier molecular flexibility index (Phi) is 5.28. The minimum atomic E-state index is -0.151. The van der Waals surface area contributed by atoms with Gasteiger partial charge in [0.05, 0.1) is 10.7 Å². The van der Waals surface area contributed by atoms with E-state index in [-0.39, 0.29) is 11.9 Å². The number of amides is 1. The molecule has 5 nitrogen and oxygen atoms in total. The number of nitrogens with one attached hydrogen (secondary N) is 1. The van der Waals surface area contributed by atoms with Gasteiger partial charge in [-0.2, -0.15) is 0 Å². The summed E-state index contributed by atoms with van der Waals surface area (Å²) in [5.74, 6) is -0.151. The molecule has 0 bridgehead atoms. The van der Waals surface area contributed by atoms with Crippen molar-refractivity contribution in [2.45, 2.75) is 25.8 Å². The van der Waals surface area contributed by atoms with Crippen LogP contribution < -0.4 is 5.32 Å². The molecule has 1 atom stereocenters. The first-order valence-corrected chi connectivity index (χ1v) is 8.63. The Bertz CT molecular complexity index is 789. The topological polar surface area (TPSA) is 67.8 Å². The maximum atomic E-state index is 12.3. The molecule has 0 fully saturated rings. The zero-order chi connectivity index (χ0) is 16.8. The molecular weight excluding hydrogens is 320 g/mol. The van der Waals surface area contributed by atoms with E-state index in [0.29, 0.717) is 12.1 Å². The van der Waals surface area contributed by atoms with Gasteiger partial charge in [0.25, 0.3) is 5.91 Å². The molecule has 3 rings (SSSR count). The van der Waals surface area contributed by atoms with E-state index >= 15 is 0 Å². The van der Waals surface area contributed by atoms with Gasteiger partial charge in [0, 0.05) is 42.9 Å². The third-order valence-electron chi connectivity index (χ3n) is 3.49. The summed E-state index contributed by atoms with van der Waals surface area (Å²) in [5, 5.41) is 5.71. The second-order valence-corrected chi connectivity index (χ2v) is 6.51. The van der Waals surface area contributed by atoms with E-state index in [9.17, 15) is 4.79 Å². The van der Waals surface area contributed by atoms with Crippen molar-refractivity contribution < 1.29 is 4.79 Å². The van der Waals surface area contributed by atoms with Crippen LogP contribution in [0.25, 0.3) is 0 Å². The summed E-state index contributed by atoms with van der Waals surface area (Å²) < 4.78 is 0. The number of carbonyl (C=O) groups is 1. The highest BCUT2D eigenvalue weighted by Gasteiger charge is 2.14. The highest BCUT2D eigenvalue weighted by molar-refractivity contribution is 7.09. The average Bonchev–Trinajstić information content (AvgIpc) is 3.05. The average molecular weight is 338 g/mol. The fourth-order valence-electron chi connectivity index (χ4n) is 2.36. The van der Waals surface area contributed by atoms with E-state index in [2.05, 4.69) is 32.4 Å². The Labute approximate surface area is 144 Å². The molecule has 0 saturated heterocycles. The standard InChI is InChI=1S/C18H18N4OS/c1-13(9-15-11-19-7-8-20-15)21-18(23)16-12-24-17(22-16)10-14-5-3-2-4-6-14/h2-8,11-13H,9-10H2,1H3,(H,21,23)/t13-/m0/s1. The maximum Gasteiger partial charge on any atom is 0.270 e. The molecule has 0 aliphatic carbocycles. The summed E-state index contributed by atoms with van der Waals surface area (Å²) in [5.41, 5.74) is 2.51. The number of thiazole rings is 1. The van der Waals surface area contributed by atoms with E-state index in [0.717, 1.165) is 17.1 Å². The van der Waals surface area contributed by atoms with Crippen LogP contribution in [0.2, 0.25) is 0 Å². The van der Waals surface area contributed by atoms with Gasteiger partial charge in [0.2, 0.25) is 0 Å². The van der Waals surface area contributed by atoms with Crippen molar-refractivity contribution in [2.24, 2.45) is 0 Å². The minimum absolute atomic E-state index is 0.0338. The van der Waals surface area contributed by atoms with E-state index in [1.165, 1.54) is 16.9 Å². The Morgan fingerprint density at radius 2 is 2.08 bits per heavy atom. The predicted molar refractivity (Wildman–Crippen MR) is 94.0 cm³/mol. The Balaban J connectivity index is 1.57. The fourth-order valence-corrected chi connectivity index (χ4v) is 3.17. The minimum Gasteiger partial charge on any atom is -0.348 e. The van der Waals surface area contributed by atoms with Gasteiger partial charge in [-0.3, -0.25) is 14.8 Å². The van der Waals surface area contributed by atoms with Gasteiger partial charge < -0.3 is 5.32 Å². The molecule has 2 aromatic heterocycles. The van der Waals surface area contributed by atoms with Gasteiger partial charge in [-0.25, -0.2) is 4.98 Å². The van der Waals surface area contributed by atoms with Crippen LogP contribution >= 0.6 is 11.3 Å². The van der Waals surface area contributed by atoms with Crippen molar-refractivity contribution in [1.82, 2.24) is 20.3 Å². The molecule has 3 aromatic rings. The number of benzene rings is 1. The lowest BCUT2D eigenvalue weighted by molar-refractivity contribution is 0.0935. The summed E-state index contributed by atoms with van der Waals surface area (Å²) in [7, 11) is 0. The number of nitrogens with zero attached hydrogens (tertiary/aromatic N) is 3. The summed E-state index contributed by atoms with van der Waals surface area (Å²) >= 11 is 1.51. The van der Waals surface area contributed by atoms with E-state index < -0.39 is 0 Å². The normalized spacial score (nSPS) is 11.9. The largest absolute Gasteiger partial charge is 0.348 e.